The molecule has 5 rings (SSSR count). The van der Waals surface area contributed by atoms with E-state index in [1.807, 2.05) is 24.3 Å². The van der Waals surface area contributed by atoms with E-state index < -0.39 is 0 Å². The van der Waals surface area contributed by atoms with Gasteiger partial charge in [-0.3, -0.25) is 4.90 Å². The molecular formula is C22H23N7O4. The molecule has 0 aliphatic carbocycles. The second kappa shape index (κ2) is 8.51. The van der Waals surface area contributed by atoms with Crippen molar-refractivity contribution < 1.29 is 19.1 Å². The summed E-state index contributed by atoms with van der Waals surface area (Å²) in [6.45, 7) is 4.76. The number of aromatic nitrogens is 5. The summed E-state index contributed by atoms with van der Waals surface area (Å²) < 4.78 is 12.5. The van der Waals surface area contributed by atoms with Crippen molar-refractivity contribution in [3.63, 3.8) is 0 Å². The Balaban J connectivity index is 1.45. The number of cyclic esters (lactones) is 1. The lowest BCUT2D eigenvalue weighted by molar-refractivity contribution is 0.177. The smallest absolute Gasteiger partial charge is 0.415 e. The Morgan fingerprint density at radius 2 is 1.97 bits per heavy atom. The van der Waals surface area contributed by atoms with Crippen LogP contribution < -0.4 is 10.2 Å². The predicted octanol–water partition coefficient (Wildman–Crippen LogP) is 2.83. The zero-order valence-electron chi connectivity index (χ0n) is 18.2. The van der Waals surface area contributed by atoms with Crippen LogP contribution in [0.3, 0.4) is 0 Å². The average Bonchev–Trinajstić information content (AvgIpc) is 3.55. The van der Waals surface area contributed by atoms with Crippen molar-refractivity contribution in [3.05, 3.63) is 42.7 Å². The van der Waals surface area contributed by atoms with Crippen LogP contribution in [0.5, 0.6) is 0 Å². The summed E-state index contributed by atoms with van der Waals surface area (Å²) in [7, 11) is 0. The normalized spacial score (nSPS) is 16.1. The van der Waals surface area contributed by atoms with Crippen LogP contribution in [0.1, 0.15) is 13.8 Å². The van der Waals surface area contributed by atoms with Crippen LogP contribution in [0.2, 0.25) is 0 Å². The topological polar surface area (TPSA) is 131 Å². The van der Waals surface area contributed by atoms with Gasteiger partial charge in [0.1, 0.15) is 12.4 Å². The second-order valence-electron chi connectivity index (χ2n) is 8.01. The molecule has 1 saturated heterocycles. The lowest BCUT2D eigenvalue weighted by atomic mass is 10.0. The number of anilines is 2. The van der Waals surface area contributed by atoms with Crippen LogP contribution >= 0.6 is 0 Å². The van der Waals surface area contributed by atoms with E-state index in [9.17, 15) is 4.79 Å². The fourth-order valence-electron chi connectivity index (χ4n) is 3.75. The Kier molecular flexibility index (Phi) is 5.38. The third-order valence-corrected chi connectivity index (χ3v) is 5.53. The Bertz CT molecular complexity index is 1280. The highest BCUT2D eigenvalue weighted by Gasteiger charge is 2.37. The van der Waals surface area contributed by atoms with Gasteiger partial charge >= 0.3 is 12.1 Å². The van der Waals surface area contributed by atoms with Crippen molar-refractivity contribution in [2.24, 2.45) is 5.92 Å². The summed E-state index contributed by atoms with van der Waals surface area (Å²) in [5, 5.41) is 24.1. The van der Waals surface area contributed by atoms with Gasteiger partial charge in [0, 0.05) is 23.9 Å². The molecule has 1 amide bonds. The molecule has 0 radical (unpaired) electrons. The molecule has 1 unspecified atom stereocenters. The summed E-state index contributed by atoms with van der Waals surface area (Å²) in [5.41, 5.74) is 3.12. The van der Waals surface area contributed by atoms with Crippen molar-refractivity contribution in [2.45, 2.75) is 19.9 Å². The summed E-state index contributed by atoms with van der Waals surface area (Å²) in [6.07, 6.45) is 3.15. The van der Waals surface area contributed by atoms with E-state index in [1.54, 1.807) is 27.9 Å². The maximum Gasteiger partial charge on any atom is 0.415 e. The first-order valence-electron chi connectivity index (χ1n) is 10.6. The predicted molar refractivity (Wildman–Crippen MR) is 120 cm³/mol. The Morgan fingerprint density at radius 1 is 1.18 bits per heavy atom. The van der Waals surface area contributed by atoms with Crippen LogP contribution in [0.15, 0.2) is 47.1 Å². The molecule has 4 aromatic rings. The zero-order valence-corrected chi connectivity index (χ0v) is 18.2. The third-order valence-electron chi connectivity index (χ3n) is 5.53. The van der Waals surface area contributed by atoms with Gasteiger partial charge in [0.2, 0.25) is 5.89 Å². The van der Waals surface area contributed by atoms with Gasteiger partial charge in [-0.25, -0.2) is 14.3 Å². The van der Waals surface area contributed by atoms with E-state index in [0.717, 1.165) is 16.7 Å². The number of carbonyl (C=O) groups is 1. The van der Waals surface area contributed by atoms with Gasteiger partial charge in [-0.1, -0.05) is 31.1 Å². The van der Waals surface area contributed by atoms with Crippen LogP contribution in [0.4, 0.5) is 16.6 Å². The minimum atomic E-state index is -0.386. The molecule has 4 heterocycles. The number of benzene rings is 1. The number of aliphatic hydroxyl groups excluding tert-OH is 1. The SMILES string of the molecule is CC(C)C1COC(=O)N1c1ccn2ncc(-c3ccc(-c4nnc(NCCO)o4)cc3)c2n1. The molecule has 0 spiro atoms. The van der Waals surface area contributed by atoms with Crippen molar-refractivity contribution in [3.8, 4) is 22.6 Å². The fourth-order valence-corrected chi connectivity index (χ4v) is 3.75. The Hall–Kier alpha value is -3.99. The van der Waals surface area contributed by atoms with Gasteiger partial charge in [-0.15, -0.1) is 5.10 Å². The zero-order chi connectivity index (χ0) is 22.9. The van der Waals surface area contributed by atoms with Crippen molar-refractivity contribution in [1.29, 1.82) is 0 Å². The van der Waals surface area contributed by atoms with Gasteiger partial charge < -0.3 is 19.6 Å². The molecule has 11 heteroatoms. The molecule has 2 N–H and O–H groups in total. The van der Waals surface area contributed by atoms with Gasteiger partial charge in [-0.2, -0.15) is 5.10 Å². The molecule has 1 aromatic carbocycles. The van der Waals surface area contributed by atoms with Gasteiger partial charge in [0.25, 0.3) is 0 Å². The second-order valence-corrected chi connectivity index (χ2v) is 8.01. The van der Waals surface area contributed by atoms with Crippen LogP contribution in [0, 0.1) is 5.92 Å². The van der Waals surface area contributed by atoms with E-state index in [4.69, 9.17) is 19.2 Å². The molecule has 0 saturated carbocycles. The average molecular weight is 449 g/mol. The van der Waals surface area contributed by atoms with Crippen LogP contribution in [-0.4, -0.2) is 61.8 Å². The number of nitrogens with zero attached hydrogens (tertiary/aromatic N) is 6. The van der Waals surface area contributed by atoms with Gasteiger partial charge in [-0.05, 0) is 29.7 Å². The number of hydrogen-bond acceptors (Lipinski definition) is 9. The largest absolute Gasteiger partial charge is 0.447 e. The van der Waals surface area contributed by atoms with E-state index in [2.05, 4.69) is 34.5 Å². The summed E-state index contributed by atoms with van der Waals surface area (Å²) >= 11 is 0. The molecule has 170 valence electrons. The lowest BCUT2D eigenvalue weighted by Crippen LogP contribution is -2.37. The van der Waals surface area contributed by atoms with Crippen molar-refractivity contribution in [2.75, 3.05) is 30.0 Å². The fraction of sp³-hybridized carbons (Fsp3) is 0.318. The summed E-state index contributed by atoms with van der Waals surface area (Å²) in [5.74, 6) is 1.14. The lowest BCUT2D eigenvalue weighted by Gasteiger charge is -2.23. The van der Waals surface area contributed by atoms with Gasteiger partial charge in [0.05, 0.1) is 18.8 Å². The summed E-state index contributed by atoms with van der Waals surface area (Å²) in [4.78, 5) is 18.7. The highest BCUT2D eigenvalue weighted by Crippen LogP contribution is 2.30. The first-order valence-corrected chi connectivity index (χ1v) is 10.6. The standard InChI is InChI=1S/C22H23N7O4/c1-13(2)17-12-32-22(31)29(17)18-7-9-28-19(25-18)16(11-24-28)14-3-5-15(6-4-14)20-26-27-21(33-20)23-8-10-30/h3-7,9,11,13,17,30H,8,10,12H2,1-2H3,(H,23,27). The molecule has 1 atom stereocenters. The number of carbonyl (C=O) groups excluding carboxylic acids is 1. The monoisotopic (exact) mass is 449 g/mol. The molecular weight excluding hydrogens is 426 g/mol. The van der Waals surface area contributed by atoms with Crippen LogP contribution in [-0.2, 0) is 4.74 Å². The quantitative estimate of drug-likeness (QED) is 0.437. The van der Waals surface area contributed by atoms with Crippen LogP contribution in [0.25, 0.3) is 28.2 Å². The molecule has 33 heavy (non-hydrogen) atoms. The Labute approximate surface area is 189 Å². The maximum atomic E-state index is 12.4. The highest BCUT2D eigenvalue weighted by molar-refractivity contribution is 5.90. The highest BCUT2D eigenvalue weighted by atomic mass is 16.6. The van der Waals surface area contributed by atoms with Crippen molar-refractivity contribution >= 4 is 23.6 Å². The van der Waals surface area contributed by atoms with Crippen molar-refractivity contribution in [1.82, 2.24) is 24.8 Å². The number of amides is 1. The minimum Gasteiger partial charge on any atom is -0.447 e. The number of rotatable bonds is 7. The third kappa shape index (κ3) is 3.87. The molecule has 1 aliphatic rings. The first kappa shape index (κ1) is 20.9. The van der Waals surface area contributed by atoms with E-state index in [1.165, 1.54) is 0 Å². The van der Waals surface area contributed by atoms with E-state index in [-0.39, 0.29) is 30.7 Å². The van der Waals surface area contributed by atoms with Gasteiger partial charge in [0.15, 0.2) is 5.65 Å². The molecule has 1 fully saturated rings. The molecule has 3 aromatic heterocycles. The molecule has 11 nitrogen and oxygen atoms in total. The summed E-state index contributed by atoms with van der Waals surface area (Å²) in [6, 6.07) is 9.55. The molecule has 0 bridgehead atoms. The first-order chi connectivity index (χ1) is 16.0. The number of nitrogens with one attached hydrogen (secondary N) is 1. The number of ether oxygens (including phenoxy) is 1. The minimum absolute atomic E-state index is 0.0289. The van der Waals surface area contributed by atoms with E-state index >= 15 is 0 Å². The number of hydrogen-bond donors (Lipinski definition) is 2. The van der Waals surface area contributed by atoms with E-state index in [0.29, 0.717) is 30.5 Å². The Morgan fingerprint density at radius 3 is 2.73 bits per heavy atom. The molecule has 1 aliphatic heterocycles. The maximum absolute atomic E-state index is 12.4. The number of fused-ring (bicyclic) bond motifs is 1. The number of aliphatic hydroxyl groups is 1.